The van der Waals surface area contributed by atoms with Gasteiger partial charge < -0.3 is 19.5 Å². The molecule has 0 aliphatic carbocycles. The van der Waals surface area contributed by atoms with Crippen molar-refractivity contribution >= 4 is 23.5 Å². The van der Waals surface area contributed by atoms with Crippen molar-refractivity contribution in [3.63, 3.8) is 0 Å². The number of carboxylic acids is 1. The van der Waals surface area contributed by atoms with Crippen molar-refractivity contribution in [3.8, 4) is 22.6 Å². The summed E-state index contributed by atoms with van der Waals surface area (Å²) in [6, 6.07) is 18.7. The number of carbonyl (C=O) groups excluding carboxylic acids is 1. The van der Waals surface area contributed by atoms with Gasteiger partial charge in [0.25, 0.3) is 5.91 Å². The van der Waals surface area contributed by atoms with E-state index in [1.807, 2.05) is 48.5 Å². The highest BCUT2D eigenvalue weighted by Crippen LogP contribution is 2.40. The number of nitrogens with zero attached hydrogens (tertiary/aromatic N) is 1. The van der Waals surface area contributed by atoms with Gasteiger partial charge in [0.15, 0.2) is 11.5 Å². The maximum Gasteiger partial charge on any atom is 0.326 e. The summed E-state index contributed by atoms with van der Waals surface area (Å²) in [5.74, 6) is -0.102. The van der Waals surface area contributed by atoms with Gasteiger partial charge in [0.05, 0.1) is 20.3 Å². The molecule has 1 heterocycles. The first kappa shape index (κ1) is 22.7. The van der Waals surface area contributed by atoms with Crippen LogP contribution in [0.25, 0.3) is 11.1 Å². The molecular weight excluding hydrogens is 442 g/mol. The maximum absolute atomic E-state index is 13.5. The molecule has 0 radical (unpaired) electrons. The lowest BCUT2D eigenvalue weighted by molar-refractivity contribution is -0.141. The minimum atomic E-state index is -1.01. The molecule has 0 spiro atoms. The Labute approximate surface area is 197 Å². The van der Waals surface area contributed by atoms with Crippen molar-refractivity contribution in [2.24, 2.45) is 0 Å². The molecule has 7 heteroatoms. The molecule has 0 bridgehead atoms. The second-order valence-corrected chi connectivity index (χ2v) is 8.24. The summed E-state index contributed by atoms with van der Waals surface area (Å²) in [5, 5.41) is 10.3. The number of methoxy groups -OCH3 is 2. The Morgan fingerprint density at radius 2 is 1.58 bits per heavy atom. The van der Waals surface area contributed by atoms with Crippen molar-refractivity contribution in [3.05, 3.63) is 82.9 Å². The largest absolute Gasteiger partial charge is 0.493 e. The van der Waals surface area contributed by atoms with Crippen molar-refractivity contribution in [2.45, 2.75) is 24.9 Å². The Morgan fingerprint density at radius 3 is 2.21 bits per heavy atom. The minimum absolute atomic E-state index is 0.330. The monoisotopic (exact) mass is 465 g/mol. The number of likely N-dealkylation sites (tertiary alicyclic amines) is 1. The van der Waals surface area contributed by atoms with E-state index < -0.39 is 18.1 Å². The predicted molar refractivity (Wildman–Crippen MR) is 126 cm³/mol. The number of amides is 1. The van der Waals surface area contributed by atoms with Crippen molar-refractivity contribution in [1.82, 2.24) is 4.90 Å². The Morgan fingerprint density at radius 1 is 0.909 bits per heavy atom. The highest BCUT2D eigenvalue weighted by atomic mass is 35.5. The Balaban J connectivity index is 1.64. The fourth-order valence-corrected chi connectivity index (χ4v) is 4.62. The van der Waals surface area contributed by atoms with Gasteiger partial charge in [-0.05, 0) is 59.9 Å². The fraction of sp³-hybridized carbons (Fsp3) is 0.231. The second kappa shape index (κ2) is 9.55. The van der Waals surface area contributed by atoms with Gasteiger partial charge in [0, 0.05) is 10.6 Å². The zero-order valence-corrected chi connectivity index (χ0v) is 19.1. The predicted octanol–water partition coefficient (Wildman–Crippen LogP) is 5.45. The quantitative estimate of drug-likeness (QED) is 0.523. The lowest BCUT2D eigenvalue weighted by Crippen LogP contribution is -2.41. The Hall–Kier alpha value is -3.51. The number of benzene rings is 3. The molecule has 0 aromatic heterocycles. The zero-order valence-electron chi connectivity index (χ0n) is 18.3. The van der Waals surface area contributed by atoms with Crippen LogP contribution in [-0.4, -0.2) is 42.1 Å². The third-order valence-electron chi connectivity index (χ3n) is 6.02. The SMILES string of the molecule is COc1ccc(-c2ccc(C(=O)N3[C@@H](c4ccccc4Cl)CC[C@H]3C(=O)O)cc2)cc1OC. The molecule has 0 saturated carbocycles. The number of hydrogen-bond donors (Lipinski definition) is 1. The molecule has 2 atom stereocenters. The molecule has 3 aromatic carbocycles. The fourth-order valence-electron chi connectivity index (χ4n) is 4.36. The minimum Gasteiger partial charge on any atom is -0.493 e. The Kier molecular flexibility index (Phi) is 6.56. The topological polar surface area (TPSA) is 76.1 Å². The van der Waals surface area contributed by atoms with Gasteiger partial charge in [0.1, 0.15) is 6.04 Å². The van der Waals surface area contributed by atoms with E-state index in [2.05, 4.69) is 0 Å². The van der Waals surface area contributed by atoms with Crippen molar-refractivity contribution in [2.75, 3.05) is 14.2 Å². The molecule has 170 valence electrons. The van der Waals surface area contributed by atoms with Crippen LogP contribution in [0, 0.1) is 0 Å². The number of carbonyl (C=O) groups is 2. The van der Waals surface area contributed by atoms with Crippen LogP contribution < -0.4 is 9.47 Å². The molecular formula is C26H24ClNO5. The summed E-state index contributed by atoms with van der Waals surface area (Å²) in [5.41, 5.74) is 2.99. The standard InChI is InChI=1S/C26H24ClNO5/c1-32-23-14-11-18(15-24(23)33-2)16-7-9-17(10-8-16)25(29)28-21(12-13-22(28)26(30)31)19-5-3-4-6-20(19)27/h3-11,14-15,21-22H,12-13H2,1-2H3,(H,30,31)/t21-,22+/m1/s1. The van der Waals surface area contributed by atoms with Gasteiger partial charge in [0.2, 0.25) is 0 Å². The molecule has 1 aliphatic heterocycles. The summed E-state index contributed by atoms with van der Waals surface area (Å²) in [6.07, 6.45) is 0.914. The highest BCUT2D eigenvalue weighted by molar-refractivity contribution is 6.31. The summed E-state index contributed by atoms with van der Waals surface area (Å²) in [6.45, 7) is 0. The molecule has 1 N–H and O–H groups in total. The van der Waals surface area contributed by atoms with E-state index in [0.29, 0.717) is 34.9 Å². The molecule has 3 aromatic rings. The van der Waals surface area contributed by atoms with Gasteiger partial charge in [-0.25, -0.2) is 4.79 Å². The van der Waals surface area contributed by atoms with E-state index >= 15 is 0 Å². The summed E-state index contributed by atoms with van der Waals surface area (Å²) >= 11 is 6.38. The first-order chi connectivity index (χ1) is 15.9. The van der Waals surface area contributed by atoms with Gasteiger partial charge in [-0.2, -0.15) is 0 Å². The van der Waals surface area contributed by atoms with Crippen LogP contribution in [0.2, 0.25) is 5.02 Å². The lowest BCUT2D eigenvalue weighted by atomic mass is 10.0. The molecule has 4 rings (SSSR count). The number of hydrogen-bond acceptors (Lipinski definition) is 4. The van der Waals surface area contributed by atoms with Crippen LogP contribution in [0.3, 0.4) is 0 Å². The average Bonchev–Trinajstić information content (AvgIpc) is 3.29. The van der Waals surface area contributed by atoms with Crippen LogP contribution in [0.15, 0.2) is 66.7 Å². The van der Waals surface area contributed by atoms with Crippen LogP contribution in [0.4, 0.5) is 0 Å². The molecule has 1 aliphatic rings. The van der Waals surface area contributed by atoms with Gasteiger partial charge >= 0.3 is 5.97 Å². The molecule has 1 saturated heterocycles. The van der Waals surface area contributed by atoms with E-state index in [4.69, 9.17) is 21.1 Å². The summed E-state index contributed by atoms with van der Waals surface area (Å²) < 4.78 is 10.7. The van der Waals surface area contributed by atoms with E-state index in [9.17, 15) is 14.7 Å². The van der Waals surface area contributed by atoms with Crippen LogP contribution in [0.1, 0.15) is 34.8 Å². The normalized spacial score (nSPS) is 17.6. The van der Waals surface area contributed by atoms with E-state index in [1.165, 1.54) is 4.90 Å². The highest BCUT2D eigenvalue weighted by Gasteiger charge is 2.42. The Bertz CT molecular complexity index is 1180. The average molecular weight is 466 g/mol. The smallest absolute Gasteiger partial charge is 0.326 e. The van der Waals surface area contributed by atoms with Crippen LogP contribution in [0.5, 0.6) is 11.5 Å². The lowest BCUT2D eigenvalue weighted by Gasteiger charge is -2.29. The van der Waals surface area contributed by atoms with Crippen LogP contribution >= 0.6 is 11.6 Å². The second-order valence-electron chi connectivity index (χ2n) is 7.83. The van der Waals surface area contributed by atoms with Crippen molar-refractivity contribution < 1.29 is 24.2 Å². The molecule has 1 amide bonds. The number of halogens is 1. The molecule has 1 fully saturated rings. The van der Waals surface area contributed by atoms with Crippen LogP contribution in [-0.2, 0) is 4.79 Å². The molecule has 33 heavy (non-hydrogen) atoms. The third-order valence-corrected chi connectivity index (χ3v) is 6.36. The maximum atomic E-state index is 13.5. The molecule has 0 unspecified atom stereocenters. The molecule has 6 nitrogen and oxygen atoms in total. The van der Waals surface area contributed by atoms with Gasteiger partial charge in [-0.1, -0.05) is 48.0 Å². The summed E-state index contributed by atoms with van der Waals surface area (Å²) in [4.78, 5) is 26.8. The number of aliphatic carboxylic acids is 1. The van der Waals surface area contributed by atoms with Crippen molar-refractivity contribution in [1.29, 1.82) is 0 Å². The number of carboxylic acid groups (broad SMARTS) is 1. The first-order valence-corrected chi connectivity index (χ1v) is 10.9. The van der Waals surface area contributed by atoms with E-state index in [0.717, 1.165) is 16.7 Å². The third kappa shape index (κ3) is 4.39. The van der Waals surface area contributed by atoms with Gasteiger partial charge in [-0.3, -0.25) is 4.79 Å². The van der Waals surface area contributed by atoms with E-state index in [1.54, 1.807) is 32.4 Å². The number of ether oxygens (including phenoxy) is 2. The number of rotatable bonds is 6. The first-order valence-electron chi connectivity index (χ1n) is 10.6. The zero-order chi connectivity index (χ0) is 23.5. The van der Waals surface area contributed by atoms with E-state index in [-0.39, 0.29) is 5.91 Å². The van der Waals surface area contributed by atoms with Gasteiger partial charge in [-0.15, -0.1) is 0 Å². The summed E-state index contributed by atoms with van der Waals surface area (Å²) in [7, 11) is 3.16.